The van der Waals surface area contributed by atoms with Gasteiger partial charge in [-0.2, -0.15) is 0 Å². The van der Waals surface area contributed by atoms with Gasteiger partial charge in [0.15, 0.2) is 12.2 Å². The molecule has 4 unspecified atom stereocenters. The van der Waals surface area contributed by atoms with E-state index in [2.05, 4.69) is 55.4 Å². The van der Waals surface area contributed by atoms with Crippen molar-refractivity contribution in [2.24, 2.45) is 23.7 Å². The van der Waals surface area contributed by atoms with Gasteiger partial charge in [-0.15, -0.1) is 0 Å². The second-order valence-corrected chi connectivity index (χ2v) is 34.1. The van der Waals surface area contributed by atoms with Crippen LogP contribution in [0.15, 0.2) is 0 Å². The molecule has 0 radical (unpaired) electrons. The van der Waals surface area contributed by atoms with Crippen LogP contribution >= 0.6 is 15.6 Å². The molecule has 0 aliphatic carbocycles. The number of aliphatic hydroxyl groups excluding tert-OH is 1. The van der Waals surface area contributed by atoms with Crippen molar-refractivity contribution in [3.8, 4) is 0 Å². The van der Waals surface area contributed by atoms with E-state index in [-0.39, 0.29) is 25.7 Å². The third-order valence-electron chi connectivity index (χ3n) is 19.4. The maximum atomic E-state index is 13.1. The van der Waals surface area contributed by atoms with Gasteiger partial charge in [-0.1, -0.05) is 370 Å². The second-order valence-electron chi connectivity index (χ2n) is 31.2. The molecule has 0 spiro atoms. The summed E-state index contributed by atoms with van der Waals surface area (Å²) in [6.45, 7) is 14.2. The minimum atomic E-state index is -4.96. The lowest BCUT2D eigenvalue weighted by Gasteiger charge is -2.21. The van der Waals surface area contributed by atoms with Crippen molar-refractivity contribution in [2.45, 2.75) is 440 Å². The van der Waals surface area contributed by atoms with Gasteiger partial charge in [-0.25, -0.2) is 9.13 Å². The minimum absolute atomic E-state index is 0.104. The van der Waals surface area contributed by atoms with E-state index in [0.717, 1.165) is 114 Å². The first-order valence-corrected chi connectivity index (χ1v) is 45.2. The lowest BCUT2D eigenvalue weighted by molar-refractivity contribution is -0.161. The van der Waals surface area contributed by atoms with Gasteiger partial charge in [0, 0.05) is 25.7 Å². The van der Waals surface area contributed by atoms with E-state index in [9.17, 15) is 43.2 Å². The zero-order valence-electron chi connectivity index (χ0n) is 66.5. The number of carbonyl (C=O) groups is 4. The van der Waals surface area contributed by atoms with Crippen molar-refractivity contribution in [3.63, 3.8) is 0 Å². The zero-order chi connectivity index (χ0) is 74.6. The molecule has 19 heteroatoms. The molecule has 0 bridgehead atoms. The predicted molar refractivity (Wildman–Crippen MR) is 414 cm³/mol. The fraction of sp³-hybridized carbons (Fsp3) is 0.951. The van der Waals surface area contributed by atoms with Crippen LogP contribution in [-0.2, 0) is 65.4 Å². The Hall–Kier alpha value is -1.94. The molecule has 0 saturated carbocycles. The van der Waals surface area contributed by atoms with Gasteiger partial charge in [0.1, 0.15) is 19.3 Å². The summed E-state index contributed by atoms with van der Waals surface area (Å²) in [5.74, 6) is 0.986. The van der Waals surface area contributed by atoms with Crippen LogP contribution in [0.2, 0.25) is 0 Å². The number of phosphoric ester groups is 2. The van der Waals surface area contributed by atoms with Gasteiger partial charge >= 0.3 is 39.5 Å². The van der Waals surface area contributed by atoms with Crippen LogP contribution in [0.4, 0.5) is 0 Å². The van der Waals surface area contributed by atoms with Crippen molar-refractivity contribution >= 4 is 39.5 Å². The number of aliphatic hydroxyl groups is 1. The molecule has 0 aromatic rings. The van der Waals surface area contributed by atoms with Crippen LogP contribution in [0.3, 0.4) is 0 Å². The molecular weight excluding hydrogens is 1320 g/mol. The van der Waals surface area contributed by atoms with E-state index in [4.69, 9.17) is 37.0 Å². The first kappa shape index (κ1) is 99.1. The fourth-order valence-corrected chi connectivity index (χ4v) is 14.2. The molecule has 0 rings (SSSR count). The van der Waals surface area contributed by atoms with E-state index in [1.807, 2.05) is 0 Å². The molecule has 0 aromatic carbocycles. The summed E-state index contributed by atoms with van der Waals surface area (Å²) in [4.78, 5) is 73.0. The van der Waals surface area contributed by atoms with Gasteiger partial charge in [0.25, 0.3) is 0 Å². The Kier molecular flexibility index (Phi) is 69.6. The number of hydrogen-bond acceptors (Lipinski definition) is 15. The van der Waals surface area contributed by atoms with Gasteiger partial charge in [-0.3, -0.25) is 37.3 Å². The molecule has 0 fully saturated rings. The molecule has 0 aliphatic heterocycles. The Labute approximate surface area is 619 Å². The van der Waals surface area contributed by atoms with Crippen molar-refractivity contribution in [1.82, 2.24) is 0 Å². The highest BCUT2D eigenvalue weighted by molar-refractivity contribution is 7.47. The van der Waals surface area contributed by atoms with Crippen LogP contribution < -0.4 is 0 Å². The standard InChI is InChI=1S/C82H160O17P2/c1-9-75(8)61-53-45-37-31-32-40-49-57-65-82(87)99-78(69-93-80(85)63-55-47-41-33-36-44-52-60-74(6)7)71-97-101(90,91)95-67-76(83)66-94-100(88,89)96-70-77(68-92-79(84)62-54-46-38-29-25-21-18-14-16-20-24-28-35-43-51-59-73(4)5)98-81(86)64-56-48-39-30-26-22-17-13-11-10-12-15-19-23-27-34-42-50-58-72(2)3/h72-78,83H,9-71H2,1-8H3,(H,88,89)(H,90,91)/t75?,76?,77-,78-/m1/s1. The van der Waals surface area contributed by atoms with Crippen LogP contribution in [0.5, 0.6) is 0 Å². The summed E-state index contributed by atoms with van der Waals surface area (Å²) in [6.07, 6.45) is 58.4. The van der Waals surface area contributed by atoms with Crippen molar-refractivity contribution in [2.75, 3.05) is 39.6 Å². The number of esters is 4. The summed E-state index contributed by atoms with van der Waals surface area (Å²) < 4.78 is 68.7. The van der Waals surface area contributed by atoms with Gasteiger partial charge in [-0.05, 0) is 49.4 Å². The summed E-state index contributed by atoms with van der Waals surface area (Å²) >= 11 is 0. The first-order valence-electron chi connectivity index (χ1n) is 42.2. The molecule has 0 aliphatic rings. The fourth-order valence-electron chi connectivity index (χ4n) is 12.6. The van der Waals surface area contributed by atoms with Gasteiger partial charge < -0.3 is 33.8 Å². The molecule has 0 amide bonds. The van der Waals surface area contributed by atoms with Gasteiger partial charge in [0.2, 0.25) is 0 Å². The van der Waals surface area contributed by atoms with E-state index in [1.165, 1.54) is 218 Å². The molecule has 101 heavy (non-hydrogen) atoms. The Bertz CT molecular complexity index is 1970. The number of carbonyl (C=O) groups excluding carboxylic acids is 4. The molecule has 0 saturated heterocycles. The summed E-state index contributed by atoms with van der Waals surface area (Å²) in [5.41, 5.74) is 0. The van der Waals surface area contributed by atoms with Crippen molar-refractivity contribution < 1.29 is 80.2 Å². The number of hydrogen-bond donors (Lipinski definition) is 3. The SMILES string of the molecule is CCC(C)CCCCCCCCCCC(=O)O[C@H](COC(=O)CCCCCCCCCC(C)C)COP(=O)(O)OCC(O)COP(=O)(O)OC[C@@H](COC(=O)CCCCCCCCCCCCCCCCCC(C)C)OC(=O)CCCCCCCCCCCCCCCCCCCCC(C)C. The van der Waals surface area contributed by atoms with Crippen molar-refractivity contribution in [3.05, 3.63) is 0 Å². The largest absolute Gasteiger partial charge is 0.472 e. The maximum absolute atomic E-state index is 13.1. The maximum Gasteiger partial charge on any atom is 0.472 e. The Morgan fingerprint density at radius 2 is 0.475 bits per heavy atom. The molecular formula is C82H160O17P2. The van der Waals surface area contributed by atoms with Crippen LogP contribution in [0.25, 0.3) is 0 Å². The van der Waals surface area contributed by atoms with E-state index in [1.54, 1.807) is 0 Å². The predicted octanol–water partition coefficient (Wildman–Crippen LogP) is 24.4. The summed E-state index contributed by atoms with van der Waals surface area (Å²) in [6, 6.07) is 0. The zero-order valence-corrected chi connectivity index (χ0v) is 68.3. The number of ether oxygens (including phenoxy) is 4. The number of unbranched alkanes of at least 4 members (excludes halogenated alkanes) is 44. The summed E-state index contributed by atoms with van der Waals surface area (Å²) in [7, 11) is -9.92. The molecule has 6 atom stereocenters. The Morgan fingerprint density at radius 1 is 0.277 bits per heavy atom. The third kappa shape index (κ3) is 74.7. The lowest BCUT2D eigenvalue weighted by Crippen LogP contribution is -2.30. The first-order chi connectivity index (χ1) is 48.6. The molecule has 17 nitrogen and oxygen atoms in total. The highest BCUT2D eigenvalue weighted by atomic mass is 31.2. The molecule has 3 N–H and O–H groups in total. The van der Waals surface area contributed by atoms with Crippen LogP contribution in [-0.4, -0.2) is 96.7 Å². The average molecular weight is 1480 g/mol. The minimum Gasteiger partial charge on any atom is -0.462 e. The second kappa shape index (κ2) is 71.0. The van der Waals surface area contributed by atoms with E-state index >= 15 is 0 Å². The third-order valence-corrected chi connectivity index (χ3v) is 21.3. The van der Waals surface area contributed by atoms with Crippen LogP contribution in [0.1, 0.15) is 421 Å². The average Bonchev–Trinajstić information content (AvgIpc) is 0.977. The highest BCUT2D eigenvalue weighted by Gasteiger charge is 2.30. The van der Waals surface area contributed by atoms with E-state index in [0.29, 0.717) is 31.6 Å². The monoisotopic (exact) mass is 1480 g/mol. The topological polar surface area (TPSA) is 237 Å². The van der Waals surface area contributed by atoms with Crippen LogP contribution in [0, 0.1) is 23.7 Å². The summed E-state index contributed by atoms with van der Waals surface area (Å²) in [5, 5.41) is 10.6. The van der Waals surface area contributed by atoms with Crippen molar-refractivity contribution in [1.29, 1.82) is 0 Å². The van der Waals surface area contributed by atoms with E-state index < -0.39 is 97.5 Å². The lowest BCUT2D eigenvalue weighted by atomic mass is 9.99. The Balaban J connectivity index is 5.22. The molecule has 0 aromatic heterocycles. The number of rotatable bonds is 79. The number of phosphoric acid groups is 2. The smallest absolute Gasteiger partial charge is 0.462 e. The van der Waals surface area contributed by atoms with Gasteiger partial charge in [0.05, 0.1) is 26.4 Å². The highest BCUT2D eigenvalue weighted by Crippen LogP contribution is 2.45. The molecule has 600 valence electrons. The normalized spacial score (nSPS) is 14.3. The molecule has 0 heterocycles. The Morgan fingerprint density at radius 3 is 0.703 bits per heavy atom. The quantitative estimate of drug-likeness (QED) is 0.0222.